The van der Waals surface area contributed by atoms with Crippen molar-refractivity contribution in [2.75, 3.05) is 11.1 Å². The van der Waals surface area contributed by atoms with Gasteiger partial charge < -0.3 is 10.4 Å². The zero-order valence-electron chi connectivity index (χ0n) is 9.85. The van der Waals surface area contributed by atoms with E-state index in [-0.39, 0.29) is 23.3 Å². The average molecular weight is 271 g/mol. The minimum atomic E-state index is -0.888. The van der Waals surface area contributed by atoms with Crippen LogP contribution in [0.1, 0.15) is 13.3 Å². The Bertz CT molecular complexity index is 439. The first-order chi connectivity index (χ1) is 8.47. The Morgan fingerprint density at radius 2 is 2.22 bits per heavy atom. The fourth-order valence-electron chi connectivity index (χ4n) is 1.29. The van der Waals surface area contributed by atoms with Crippen LogP contribution in [-0.2, 0) is 9.59 Å². The van der Waals surface area contributed by atoms with E-state index >= 15 is 0 Å². The number of halogens is 1. The second-order valence-electron chi connectivity index (χ2n) is 3.78. The quantitative estimate of drug-likeness (QED) is 0.833. The van der Waals surface area contributed by atoms with Gasteiger partial charge in [0.2, 0.25) is 5.91 Å². The third kappa shape index (κ3) is 5.67. The molecule has 0 heterocycles. The minimum Gasteiger partial charge on any atom is -0.481 e. The molecule has 1 rings (SSSR count). The number of amides is 1. The molecule has 1 aromatic rings. The van der Waals surface area contributed by atoms with Crippen LogP contribution in [0.3, 0.4) is 0 Å². The van der Waals surface area contributed by atoms with Gasteiger partial charge in [-0.15, -0.1) is 11.8 Å². The Hall–Kier alpha value is -1.56. The number of carbonyl (C=O) groups excluding carboxylic acids is 1. The second kappa shape index (κ2) is 7.00. The lowest BCUT2D eigenvalue weighted by atomic mass is 10.3. The van der Waals surface area contributed by atoms with Crippen LogP contribution in [-0.4, -0.2) is 28.0 Å². The molecule has 18 heavy (non-hydrogen) atoms. The SMILES string of the molecule is CC(CC(=O)O)SCC(=O)Nc1cccc(F)c1. The number of carboxylic acid groups (broad SMARTS) is 1. The standard InChI is InChI=1S/C12H14FNO3S/c1-8(5-12(16)17)18-7-11(15)14-10-4-2-3-9(13)6-10/h2-4,6,8H,5,7H2,1H3,(H,14,15)(H,16,17). The maximum atomic E-state index is 12.9. The summed E-state index contributed by atoms with van der Waals surface area (Å²) in [7, 11) is 0. The second-order valence-corrected chi connectivity index (χ2v) is 5.20. The van der Waals surface area contributed by atoms with Gasteiger partial charge in [0.15, 0.2) is 0 Å². The van der Waals surface area contributed by atoms with E-state index in [1.165, 1.54) is 30.0 Å². The van der Waals surface area contributed by atoms with Gasteiger partial charge in [-0.1, -0.05) is 13.0 Å². The highest BCUT2D eigenvalue weighted by molar-refractivity contribution is 8.00. The first-order valence-electron chi connectivity index (χ1n) is 5.36. The monoisotopic (exact) mass is 271 g/mol. The van der Waals surface area contributed by atoms with Gasteiger partial charge in [-0.3, -0.25) is 9.59 Å². The molecule has 1 amide bonds. The van der Waals surface area contributed by atoms with Gasteiger partial charge in [-0.2, -0.15) is 0 Å². The van der Waals surface area contributed by atoms with E-state index < -0.39 is 11.8 Å². The molecule has 1 unspecified atom stereocenters. The minimum absolute atomic E-state index is 0.0118. The molecule has 0 bridgehead atoms. The van der Waals surface area contributed by atoms with Crippen molar-refractivity contribution < 1.29 is 19.1 Å². The summed E-state index contributed by atoms with van der Waals surface area (Å²) in [5.41, 5.74) is 0.395. The zero-order chi connectivity index (χ0) is 13.5. The third-order valence-electron chi connectivity index (χ3n) is 2.07. The van der Waals surface area contributed by atoms with Gasteiger partial charge in [0.25, 0.3) is 0 Å². The summed E-state index contributed by atoms with van der Waals surface area (Å²) in [6.07, 6.45) is 0.0118. The number of anilines is 1. The predicted molar refractivity (Wildman–Crippen MR) is 69.2 cm³/mol. The molecule has 0 fully saturated rings. The average Bonchev–Trinajstić information content (AvgIpc) is 2.25. The maximum Gasteiger partial charge on any atom is 0.304 e. The highest BCUT2D eigenvalue weighted by Gasteiger charge is 2.10. The number of benzene rings is 1. The largest absolute Gasteiger partial charge is 0.481 e. The smallest absolute Gasteiger partial charge is 0.304 e. The van der Waals surface area contributed by atoms with Crippen LogP contribution in [0, 0.1) is 5.82 Å². The van der Waals surface area contributed by atoms with E-state index in [9.17, 15) is 14.0 Å². The maximum absolute atomic E-state index is 12.9. The molecule has 0 spiro atoms. The Kier molecular flexibility index (Phi) is 5.64. The molecule has 0 aliphatic rings. The summed E-state index contributed by atoms with van der Waals surface area (Å²) in [5, 5.41) is 11.0. The van der Waals surface area contributed by atoms with Gasteiger partial charge in [0, 0.05) is 10.9 Å². The summed E-state index contributed by atoms with van der Waals surface area (Å²) < 4.78 is 12.9. The number of hydrogen-bond acceptors (Lipinski definition) is 3. The molecule has 0 aliphatic carbocycles. The summed E-state index contributed by atoms with van der Waals surface area (Å²) in [6.45, 7) is 1.74. The number of rotatable bonds is 6. The number of thioether (sulfide) groups is 1. The van der Waals surface area contributed by atoms with Crippen LogP contribution >= 0.6 is 11.8 Å². The van der Waals surface area contributed by atoms with E-state index in [0.29, 0.717) is 5.69 Å². The Balaban J connectivity index is 2.36. The van der Waals surface area contributed by atoms with E-state index in [0.717, 1.165) is 0 Å². The predicted octanol–water partition coefficient (Wildman–Crippen LogP) is 2.36. The van der Waals surface area contributed by atoms with Crippen molar-refractivity contribution in [1.29, 1.82) is 0 Å². The van der Waals surface area contributed by atoms with Crippen LogP contribution in [0.25, 0.3) is 0 Å². The van der Waals surface area contributed by atoms with Crippen molar-refractivity contribution >= 4 is 29.3 Å². The van der Waals surface area contributed by atoms with E-state index in [2.05, 4.69) is 5.32 Å². The van der Waals surface area contributed by atoms with Crippen molar-refractivity contribution in [3.63, 3.8) is 0 Å². The summed E-state index contributed by atoms with van der Waals surface area (Å²) in [4.78, 5) is 21.9. The number of carboxylic acids is 1. The number of hydrogen-bond donors (Lipinski definition) is 2. The van der Waals surface area contributed by atoms with Gasteiger partial charge in [-0.05, 0) is 18.2 Å². The summed E-state index contributed by atoms with van der Waals surface area (Å²) >= 11 is 1.25. The van der Waals surface area contributed by atoms with Crippen molar-refractivity contribution in [2.24, 2.45) is 0 Å². The van der Waals surface area contributed by atoms with Gasteiger partial charge >= 0.3 is 5.97 Å². The molecule has 1 aromatic carbocycles. The Morgan fingerprint density at radius 1 is 1.50 bits per heavy atom. The van der Waals surface area contributed by atoms with Crippen LogP contribution in [0.2, 0.25) is 0 Å². The first-order valence-corrected chi connectivity index (χ1v) is 6.41. The summed E-state index contributed by atoms with van der Waals surface area (Å²) in [6, 6.07) is 5.61. The highest BCUT2D eigenvalue weighted by Crippen LogP contribution is 2.15. The molecular weight excluding hydrogens is 257 g/mol. The van der Waals surface area contributed by atoms with Crippen molar-refractivity contribution in [2.45, 2.75) is 18.6 Å². The molecule has 0 radical (unpaired) electrons. The first kappa shape index (κ1) is 14.5. The number of carbonyl (C=O) groups is 2. The van der Waals surface area contributed by atoms with E-state index in [1.54, 1.807) is 13.0 Å². The van der Waals surface area contributed by atoms with Crippen molar-refractivity contribution in [3.8, 4) is 0 Å². The molecule has 0 saturated heterocycles. The van der Waals surface area contributed by atoms with Crippen LogP contribution in [0.15, 0.2) is 24.3 Å². The Morgan fingerprint density at radius 3 is 2.83 bits per heavy atom. The lowest BCUT2D eigenvalue weighted by Crippen LogP contribution is -2.16. The van der Waals surface area contributed by atoms with Crippen LogP contribution < -0.4 is 5.32 Å². The van der Waals surface area contributed by atoms with E-state index in [1.807, 2.05) is 0 Å². The molecule has 2 N–H and O–H groups in total. The third-order valence-corrected chi connectivity index (χ3v) is 3.23. The number of nitrogens with one attached hydrogen (secondary N) is 1. The van der Waals surface area contributed by atoms with Gasteiger partial charge in [-0.25, -0.2) is 4.39 Å². The molecular formula is C12H14FNO3S. The summed E-state index contributed by atoms with van der Waals surface area (Å²) in [5.74, 6) is -1.44. The molecule has 0 saturated carbocycles. The van der Waals surface area contributed by atoms with Crippen LogP contribution in [0.5, 0.6) is 0 Å². The lowest BCUT2D eigenvalue weighted by molar-refractivity contribution is -0.136. The molecule has 98 valence electrons. The molecule has 0 aromatic heterocycles. The van der Waals surface area contributed by atoms with E-state index in [4.69, 9.17) is 5.11 Å². The molecule has 6 heteroatoms. The van der Waals surface area contributed by atoms with Crippen LogP contribution in [0.4, 0.5) is 10.1 Å². The molecule has 1 atom stereocenters. The lowest BCUT2D eigenvalue weighted by Gasteiger charge is -2.09. The fourth-order valence-corrected chi connectivity index (χ4v) is 2.05. The fraction of sp³-hybridized carbons (Fsp3) is 0.333. The Labute approximate surface area is 109 Å². The van der Waals surface area contributed by atoms with Gasteiger partial charge in [0.05, 0.1) is 12.2 Å². The number of aliphatic carboxylic acids is 1. The highest BCUT2D eigenvalue weighted by atomic mass is 32.2. The zero-order valence-corrected chi connectivity index (χ0v) is 10.7. The van der Waals surface area contributed by atoms with Gasteiger partial charge in [0.1, 0.15) is 5.82 Å². The molecule has 4 nitrogen and oxygen atoms in total. The van der Waals surface area contributed by atoms with Crippen molar-refractivity contribution in [1.82, 2.24) is 0 Å². The normalized spacial score (nSPS) is 11.9. The molecule has 0 aliphatic heterocycles. The topological polar surface area (TPSA) is 66.4 Å². The van der Waals surface area contributed by atoms with Crippen molar-refractivity contribution in [3.05, 3.63) is 30.1 Å².